The average molecular weight is 236 g/mol. The Hall–Kier alpha value is -1.62. The predicted molar refractivity (Wildman–Crippen MR) is 68.9 cm³/mol. The minimum Gasteiger partial charge on any atom is -0.383 e. The third-order valence-corrected chi connectivity index (χ3v) is 2.07. The molecule has 0 fully saturated rings. The van der Waals surface area contributed by atoms with Crippen LogP contribution in [-0.4, -0.2) is 37.7 Å². The van der Waals surface area contributed by atoms with Gasteiger partial charge in [0, 0.05) is 26.4 Å². The van der Waals surface area contributed by atoms with Crippen LogP contribution in [0.25, 0.3) is 0 Å². The molecule has 0 bridgehead atoms. The summed E-state index contributed by atoms with van der Waals surface area (Å²) in [7, 11) is 1.68. The molecule has 0 unspecified atom stereocenters. The number of hydrogen-bond acceptors (Lipinski definition) is 3. The molecule has 5 heteroatoms. The van der Waals surface area contributed by atoms with Crippen molar-refractivity contribution >= 4 is 5.96 Å². The van der Waals surface area contributed by atoms with E-state index in [2.05, 4.69) is 20.6 Å². The quantitative estimate of drug-likeness (QED) is 0.435. The van der Waals surface area contributed by atoms with Gasteiger partial charge < -0.3 is 15.4 Å². The van der Waals surface area contributed by atoms with Crippen molar-refractivity contribution in [3.63, 3.8) is 0 Å². The first-order valence-electron chi connectivity index (χ1n) is 5.78. The molecular formula is C12H20N4O. The summed E-state index contributed by atoms with van der Waals surface area (Å²) in [5.74, 6) is 0.787. The Morgan fingerprint density at radius 3 is 2.94 bits per heavy atom. The monoisotopic (exact) mass is 236 g/mol. The molecule has 0 amide bonds. The molecule has 1 rings (SSSR count). The van der Waals surface area contributed by atoms with Crippen molar-refractivity contribution in [1.29, 1.82) is 0 Å². The van der Waals surface area contributed by atoms with Gasteiger partial charge in [-0.05, 0) is 19.1 Å². The van der Waals surface area contributed by atoms with Gasteiger partial charge in [-0.1, -0.05) is 6.07 Å². The normalized spacial score (nSPS) is 11.3. The van der Waals surface area contributed by atoms with E-state index in [1.807, 2.05) is 25.1 Å². The Bertz CT molecular complexity index is 327. The van der Waals surface area contributed by atoms with Gasteiger partial charge in [0.05, 0.1) is 18.8 Å². The number of nitrogens with zero attached hydrogens (tertiary/aromatic N) is 2. The second kappa shape index (κ2) is 8.52. The molecule has 0 saturated carbocycles. The maximum Gasteiger partial charge on any atom is 0.191 e. The average Bonchev–Trinajstić information content (AvgIpc) is 2.37. The van der Waals surface area contributed by atoms with E-state index in [1.165, 1.54) is 0 Å². The van der Waals surface area contributed by atoms with Gasteiger partial charge in [-0.25, -0.2) is 4.99 Å². The molecule has 2 N–H and O–H groups in total. The Morgan fingerprint density at radius 2 is 2.29 bits per heavy atom. The van der Waals surface area contributed by atoms with Gasteiger partial charge in [0.2, 0.25) is 0 Å². The summed E-state index contributed by atoms with van der Waals surface area (Å²) in [6.45, 7) is 4.84. The van der Waals surface area contributed by atoms with Crippen molar-refractivity contribution in [3.05, 3.63) is 30.1 Å². The lowest BCUT2D eigenvalue weighted by Gasteiger charge is -2.10. The van der Waals surface area contributed by atoms with Gasteiger partial charge in [0.1, 0.15) is 0 Å². The fourth-order valence-electron chi connectivity index (χ4n) is 1.26. The minimum atomic E-state index is 0.573. The Kier molecular flexibility index (Phi) is 6.74. The molecule has 0 aliphatic rings. The van der Waals surface area contributed by atoms with Crippen molar-refractivity contribution in [1.82, 2.24) is 15.6 Å². The maximum atomic E-state index is 4.98. The summed E-state index contributed by atoms with van der Waals surface area (Å²) in [6, 6.07) is 5.82. The molecule has 0 aromatic carbocycles. The molecule has 1 aromatic rings. The SMILES string of the molecule is CCNC(=NCc1ccccn1)NCCOC. The zero-order valence-corrected chi connectivity index (χ0v) is 10.4. The zero-order valence-electron chi connectivity index (χ0n) is 10.4. The van der Waals surface area contributed by atoms with Gasteiger partial charge in [0.15, 0.2) is 5.96 Å². The topological polar surface area (TPSA) is 58.5 Å². The summed E-state index contributed by atoms with van der Waals surface area (Å²) in [6.07, 6.45) is 1.77. The lowest BCUT2D eigenvalue weighted by atomic mass is 10.3. The molecule has 0 aliphatic carbocycles. The maximum absolute atomic E-state index is 4.98. The molecule has 0 saturated heterocycles. The van der Waals surface area contributed by atoms with Crippen LogP contribution in [0.5, 0.6) is 0 Å². The number of nitrogens with one attached hydrogen (secondary N) is 2. The largest absolute Gasteiger partial charge is 0.383 e. The second-order valence-corrected chi connectivity index (χ2v) is 3.44. The second-order valence-electron chi connectivity index (χ2n) is 3.44. The fraction of sp³-hybridized carbons (Fsp3) is 0.500. The molecule has 0 spiro atoms. The van der Waals surface area contributed by atoms with Crippen molar-refractivity contribution in [3.8, 4) is 0 Å². The van der Waals surface area contributed by atoms with Crippen LogP contribution in [-0.2, 0) is 11.3 Å². The summed E-state index contributed by atoms with van der Waals surface area (Å²) >= 11 is 0. The van der Waals surface area contributed by atoms with Crippen LogP contribution in [0.2, 0.25) is 0 Å². The van der Waals surface area contributed by atoms with Crippen LogP contribution in [0, 0.1) is 0 Å². The molecule has 1 heterocycles. The summed E-state index contributed by atoms with van der Waals surface area (Å²) in [5.41, 5.74) is 0.955. The van der Waals surface area contributed by atoms with Crippen LogP contribution in [0.3, 0.4) is 0 Å². The van der Waals surface area contributed by atoms with E-state index < -0.39 is 0 Å². The van der Waals surface area contributed by atoms with Crippen molar-refractivity contribution in [2.24, 2.45) is 4.99 Å². The molecule has 0 atom stereocenters. The number of rotatable bonds is 6. The van der Waals surface area contributed by atoms with E-state index in [1.54, 1.807) is 13.3 Å². The number of methoxy groups -OCH3 is 1. The number of ether oxygens (including phenoxy) is 1. The third-order valence-electron chi connectivity index (χ3n) is 2.07. The highest BCUT2D eigenvalue weighted by molar-refractivity contribution is 5.79. The first kappa shape index (κ1) is 13.4. The van der Waals surface area contributed by atoms with Gasteiger partial charge in [0.25, 0.3) is 0 Å². The molecule has 5 nitrogen and oxygen atoms in total. The van der Waals surface area contributed by atoms with Crippen molar-refractivity contribution in [2.45, 2.75) is 13.5 Å². The lowest BCUT2D eigenvalue weighted by molar-refractivity contribution is 0.203. The van der Waals surface area contributed by atoms with E-state index in [0.717, 1.165) is 24.7 Å². The van der Waals surface area contributed by atoms with Crippen LogP contribution < -0.4 is 10.6 Å². The van der Waals surface area contributed by atoms with Crippen LogP contribution in [0.15, 0.2) is 29.4 Å². The highest BCUT2D eigenvalue weighted by atomic mass is 16.5. The molecule has 0 aliphatic heterocycles. The van der Waals surface area contributed by atoms with Crippen molar-refractivity contribution < 1.29 is 4.74 Å². The van der Waals surface area contributed by atoms with Crippen molar-refractivity contribution in [2.75, 3.05) is 26.8 Å². The van der Waals surface area contributed by atoms with Gasteiger partial charge in [-0.15, -0.1) is 0 Å². The Labute approximate surface area is 102 Å². The zero-order chi connectivity index (χ0) is 12.3. The lowest BCUT2D eigenvalue weighted by Crippen LogP contribution is -2.38. The Balaban J connectivity index is 2.45. The van der Waals surface area contributed by atoms with Gasteiger partial charge in [-0.3, -0.25) is 4.98 Å². The fourth-order valence-corrected chi connectivity index (χ4v) is 1.26. The number of hydrogen-bond donors (Lipinski definition) is 2. The smallest absolute Gasteiger partial charge is 0.191 e. The highest BCUT2D eigenvalue weighted by Gasteiger charge is 1.96. The molecule has 94 valence electrons. The number of pyridine rings is 1. The molecule has 1 aromatic heterocycles. The van der Waals surface area contributed by atoms with E-state index in [0.29, 0.717) is 13.2 Å². The van der Waals surface area contributed by atoms with Gasteiger partial charge in [-0.2, -0.15) is 0 Å². The van der Waals surface area contributed by atoms with E-state index >= 15 is 0 Å². The molecular weight excluding hydrogens is 216 g/mol. The highest BCUT2D eigenvalue weighted by Crippen LogP contribution is 1.94. The Morgan fingerprint density at radius 1 is 1.41 bits per heavy atom. The van der Waals surface area contributed by atoms with E-state index in [-0.39, 0.29) is 0 Å². The summed E-state index contributed by atoms with van der Waals surface area (Å²) in [5, 5.41) is 6.35. The van der Waals surface area contributed by atoms with Gasteiger partial charge >= 0.3 is 0 Å². The standard InChI is InChI=1S/C12H20N4O/c1-3-13-12(15-8-9-17-2)16-10-11-6-4-5-7-14-11/h4-7H,3,8-10H2,1-2H3,(H2,13,15,16). The van der Waals surface area contributed by atoms with Crippen LogP contribution in [0.1, 0.15) is 12.6 Å². The first-order valence-corrected chi connectivity index (χ1v) is 5.78. The van der Waals surface area contributed by atoms with E-state index in [9.17, 15) is 0 Å². The molecule has 17 heavy (non-hydrogen) atoms. The van der Waals surface area contributed by atoms with E-state index in [4.69, 9.17) is 4.74 Å². The third kappa shape index (κ3) is 5.87. The number of aliphatic imine (C=N–C) groups is 1. The predicted octanol–water partition coefficient (Wildman–Crippen LogP) is 0.783. The number of aromatic nitrogens is 1. The first-order chi connectivity index (χ1) is 8.36. The summed E-state index contributed by atoms with van der Waals surface area (Å²) < 4.78 is 4.98. The van der Waals surface area contributed by atoms with Crippen LogP contribution in [0.4, 0.5) is 0 Å². The minimum absolute atomic E-state index is 0.573. The van der Waals surface area contributed by atoms with Crippen LogP contribution >= 0.6 is 0 Å². The molecule has 0 radical (unpaired) electrons. The number of guanidine groups is 1. The summed E-state index contributed by atoms with van der Waals surface area (Å²) in [4.78, 5) is 8.65.